The van der Waals surface area contributed by atoms with E-state index in [0.717, 1.165) is 10.4 Å². The summed E-state index contributed by atoms with van der Waals surface area (Å²) in [6.45, 7) is 1.07. The Morgan fingerprint density at radius 1 is 1.14 bits per heavy atom. The van der Waals surface area contributed by atoms with Gasteiger partial charge in [0, 0.05) is 0 Å². The van der Waals surface area contributed by atoms with Gasteiger partial charge in [-0.3, -0.25) is 0 Å². The molecule has 0 atom stereocenters. The fraction of sp³-hybridized carbons (Fsp3) is 0.125. The fourth-order valence-corrected chi connectivity index (χ4v) is 2.87. The maximum absolute atomic E-state index is 11.9. The van der Waals surface area contributed by atoms with Gasteiger partial charge in [-0.05, 0) is 35.2 Å². The molecule has 0 saturated carbocycles. The first-order valence-corrected chi connectivity index (χ1v) is 7.64. The van der Waals surface area contributed by atoms with Crippen LogP contribution in [0.2, 0.25) is 0 Å². The first-order chi connectivity index (χ1) is 10.8. The maximum atomic E-state index is 11.9. The molecule has 3 heterocycles. The Labute approximate surface area is 130 Å². The Bertz CT molecular complexity index is 792. The number of esters is 1. The van der Waals surface area contributed by atoms with Crippen LogP contribution in [0.25, 0.3) is 6.08 Å². The minimum Gasteiger partial charge on any atom is -0.486 e. The highest BCUT2D eigenvalue weighted by molar-refractivity contribution is 7.12. The molecule has 0 amide bonds. The van der Waals surface area contributed by atoms with E-state index in [9.17, 15) is 4.79 Å². The molecule has 6 heteroatoms. The van der Waals surface area contributed by atoms with Gasteiger partial charge < -0.3 is 14.2 Å². The van der Waals surface area contributed by atoms with E-state index in [4.69, 9.17) is 14.2 Å². The average Bonchev–Trinajstić information content (AvgIpc) is 3.18. The number of rotatable bonds is 2. The third-order valence-electron chi connectivity index (χ3n) is 3.22. The van der Waals surface area contributed by atoms with Gasteiger partial charge >= 0.3 is 5.97 Å². The lowest BCUT2D eigenvalue weighted by molar-refractivity contribution is -0.129. The van der Waals surface area contributed by atoms with Crippen LogP contribution in [-0.4, -0.2) is 25.1 Å². The van der Waals surface area contributed by atoms with Crippen molar-refractivity contribution in [1.29, 1.82) is 0 Å². The summed E-state index contributed by atoms with van der Waals surface area (Å²) in [6, 6.07) is 9.26. The van der Waals surface area contributed by atoms with E-state index < -0.39 is 5.97 Å². The van der Waals surface area contributed by atoms with E-state index in [1.165, 1.54) is 11.3 Å². The molecule has 0 N–H and O–H groups in total. The van der Waals surface area contributed by atoms with Crippen LogP contribution < -0.4 is 9.47 Å². The van der Waals surface area contributed by atoms with Gasteiger partial charge in [-0.1, -0.05) is 12.1 Å². The van der Waals surface area contributed by atoms with E-state index in [0.29, 0.717) is 30.6 Å². The second-order valence-electron chi connectivity index (χ2n) is 4.72. The standard InChI is InChI=1S/C16H11NO4S/c18-16-11(17-15(21-16)14-2-1-7-22-14)8-10-3-4-12-13(9-10)20-6-5-19-12/h1-4,7-9H,5-6H2. The van der Waals surface area contributed by atoms with E-state index in [1.807, 2.05) is 35.7 Å². The molecular formula is C16H11NO4S. The summed E-state index contributed by atoms with van der Waals surface area (Å²) in [5.74, 6) is 1.29. The fourth-order valence-electron chi connectivity index (χ4n) is 2.22. The van der Waals surface area contributed by atoms with Crippen LogP contribution >= 0.6 is 11.3 Å². The largest absolute Gasteiger partial charge is 0.486 e. The number of benzene rings is 1. The SMILES string of the molecule is O=C1OC(c2cccs2)=NC1=Cc1ccc2c(c1)OCCO2. The number of thiophene rings is 1. The third-order valence-corrected chi connectivity index (χ3v) is 4.08. The molecular weight excluding hydrogens is 302 g/mol. The Morgan fingerprint density at radius 3 is 2.82 bits per heavy atom. The van der Waals surface area contributed by atoms with Crippen LogP contribution in [0.5, 0.6) is 11.5 Å². The molecule has 1 aromatic carbocycles. The highest BCUT2D eigenvalue weighted by Crippen LogP contribution is 2.32. The van der Waals surface area contributed by atoms with Gasteiger partial charge in [-0.15, -0.1) is 11.3 Å². The molecule has 0 fully saturated rings. The molecule has 1 aromatic heterocycles. The van der Waals surface area contributed by atoms with E-state index in [-0.39, 0.29) is 5.70 Å². The minimum absolute atomic E-state index is 0.278. The van der Waals surface area contributed by atoms with E-state index >= 15 is 0 Å². The number of hydrogen-bond acceptors (Lipinski definition) is 6. The molecule has 4 rings (SSSR count). The molecule has 110 valence electrons. The molecule has 0 spiro atoms. The zero-order chi connectivity index (χ0) is 14.9. The van der Waals surface area contributed by atoms with Crippen molar-refractivity contribution in [3.8, 4) is 11.5 Å². The van der Waals surface area contributed by atoms with Crippen molar-refractivity contribution in [3.05, 3.63) is 51.8 Å². The molecule has 0 saturated heterocycles. The van der Waals surface area contributed by atoms with Crippen LogP contribution in [0.1, 0.15) is 10.4 Å². The lowest BCUT2D eigenvalue weighted by Crippen LogP contribution is -2.15. The average molecular weight is 313 g/mol. The second kappa shape index (κ2) is 5.31. The molecule has 0 aliphatic carbocycles. The maximum Gasteiger partial charge on any atom is 0.363 e. The van der Waals surface area contributed by atoms with Crippen molar-refractivity contribution in [2.24, 2.45) is 4.99 Å². The molecule has 22 heavy (non-hydrogen) atoms. The number of nitrogens with zero attached hydrogens (tertiary/aromatic N) is 1. The molecule has 0 unspecified atom stereocenters. The Kier molecular flexibility index (Phi) is 3.16. The summed E-state index contributed by atoms with van der Waals surface area (Å²) in [6.07, 6.45) is 1.68. The van der Waals surface area contributed by atoms with Gasteiger partial charge in [0.15, 0.2) is 17.2 Å². The summed E-state index contributed by atoms with van der Waals surface area (Å²) < 4.78 is 16.2. The number of fused-ring (bicyclic) bond motifs is 1. The minimum atomic E-state index is -0.446. The summed E-state index contributed by atoms with van der Waals surface area (Å²) in [5, 5.41) is 1.91. The predicted octanol–water partition coefficient (Wildman–Crippen LogP) is 2.86. The number of aliphatic imine (C=N–C) groups is 1. The summed E-state index contributed by atoms with van der Waals surface area (Å²) >= 11 is 1.48. The number of hydrogen-bond donors (Lipinski definition) is 0. The summed E-state index contributed by atoms with van der Waals surface area (Å²) in [4.78, 5) is 17.0. The number of ether oxygens (including phenoxy) is 3. The first kappa shape index (κ1) is 13.1. The van der Waals surface area contributed by atoms with Crippen molar-refractivity contribution in [3.63, 3.8) is 0 Å². The van der Waals surface area contributed by atoms with E-state index in [1.54, 1.807) is 6.08 Å². The van der Waals surface area contributed by atoms with Gasteiger partial charge in [0.25, 0.3) is 0 Å². The van der Waals surface area contributed by atoms with E-state index in [2.05, 4.69) is 4.99 Å². The van der Waals surface area contributed by atoms with Crippen LogP contribution in [0.3, 0.4) is 0 Å². The summed E-state index contributed by atoms with van der Waals surface area (Å²) in [5.41, 5.74) is 1.09. The smallest absolute Gasteiger partial charge is 0.363 e. The molecule has 0 bridgehead atoms. The van der Waals surface area contributed by atoms with Crippen LogP contribution in [-0.2, 0) is 9.53 Å². The van der Waals surface area contributed by atoms with Gasteiger partial charge in [0.1, 0.15) is 13.2 Å². The Hall–Kier alpha value is -2.60. The van der Waals surface area contributed by atoms with Crippen molar-refractivity contribution in [2.45, 2.75) is 0 Å². The van der Waals surface area contributed by atoms with Crippen molar-refractivity contribution < 1.29 is 19.0 Å². The third kappa shape index (κ3) is 2.37. The first-order valence-electron chi connectivity index (χ1n) is 6.76. The van der Waals surface area contributed by atoms with Crippen LogP contribution in [0.15, 0.2) is 46.4 Å². The highest BCUT2D eigenvalue weighted by atomic mass is 32.1. The van der Waals surface area contributed by atoms with Gasteiger partial charge in [0.05, 0.1) is 4.88 Å². The molecule has 0 radical (unpaired) electrons. The van der Waals surface area contributed by atoms with Crippen LogP contribution in [0.4, 0.5) is 0 Å². The quantitative estimate of drug-likeness (QED) is 0.632. The highest BCUT2D eigenvalue weighted by Gasteiger charge is 2.24. The van der Waals surface area contributed by atoms with Crippen LogP contribution in [0, 0.1) is 0 Å². The predicted molar refractivity (Wildman–Crippen MR) is 82.4 cm³/mol. The number of cyclic esters (lactones) is 1. The molecule has 2 aromatic rings. The number of carbonyl (C=O) groups excluding carboxylic acids is 1. The summed E-state index contributed by atoms with van der Waals surface area (Å²) in [7, 11) is 0. The van der Waals surface area contributed by atoms with Gasteiger partial charge in [-0.25, -0.2) is 9.79 Å². The Morgan fingerprint density at radius 2 is 2.00 bits per heavy atom. The topological polar surface area (TPSA) is 57.1 Å². The molecule has 5 nitrogen and oxygen atoms in total. The second-order valence-corrected chi connectivity index (χ2v) is 5.66. The van der Waals surface area contributed by atoms with Gasteiger partial charge in [-0.2, -0.15) is 0 Å². The number of carbonyl (C=O) groups is 1. The van der Waals surface area contributed by atoms with Gasteiger partial charge in [0.2, 0.25) is 5.90 Å². The van der Waals surface area contributed by atoms with Crippen molar-refractivity contribution >= 4 is 29.3 Å². The van der Waals surface area contributed by atoms with Crippen molar-refractivity contribution in [1.82, 2.24) is 0 Å². The normalized spacial score (nSPS) is 18.3. The lowest BCUT2D eigenvalue weighted by Gasteiger charge is -2.18. The molecule has 2 aliphatic rings. The monoisotopic (exact) mass is 313 g/mol. The van der Waals surface area contributed by atoms with Crippen molar-refractivity contribution in [2.75, 3.05) is 13.2 Å². The molecule has 2 aliphatic heterocycles. The Balaban J connectivity index is 1.66. The lowest BCUT2D eigenvalue weighted by atomic mass is 10.1. The zero-order valence-electron chi connectivity index (χ0n) is 11.4. The zero-order valence-corrected chi connectivity index (χ0v) is 12.3.